The number of nitrogens with two attached hydrogens (primary N) is 1. The van der Waals surface area contributed by atoms with Crippen LogP contribution in [0.2, 0.25) is 0 Å². The van der Waals surface area contributed by atoms with Gasteiger partial charge in [-0.1, -0.05) is 13.0 Å². The number of piperidine rings is 1. The number of fused-ring (bicyclic) bond motifs is 1. The minimum absolute atomic E-state index is 0.341. The maximum Gasteiger partial charge on any atom is 0.128 e. The molecule has 0 spiro atoms. The molecule has 1 aromatic heterocycles. The van der Waals surface area contributed by atoms with E-state index in [1.165, 1.54) is 42.8 Å². The zero-order valence-corrected chi connectivity index (χ0v) is 11.3. The Labute approximate surface area is 109 Å². The molecule has 3 heteroatoms. The summed E-state index contributed by atoms with van der Waals surface area (Å²) in [6, 6.07) is 4.48. The molecule has 0 radical (unpaired) electrons. The van der Waals surface area contributed by atoms with Crippen LogP contribution in [0.1, 0.15) is 37.4 Å². The summed E-state index contributed by atoms with van der Waals surface area (Å²) in [5, 5.41) is 0. The maximum absolute atomic E-state index is 5.86. The van der Waals surface area contributed by atoms with Crippen LogP contribution < -0.4 is 10.6 Å². The minimum Gasteiger partial charge on any atom is -0.357 e. The van der Waals surface area contributed by atoms with Gasteiger partial charge in [0.25, 0.3) is 0 Å². The van der Waals surface area contributed by atoms with E-state index in [4.69, 9.17) is 10.7 Å². The molecule has 0 bridgehead atoms. The van der Waals surface area contributed by atoms with Crippen LogP contribution in [0.15, 0.2) is 12.1 Å². The molecule has 18 heavy (non-hydrogen) atoms. The first-order valence-electron chi connectivity index (χ1n) is 7.14. The van der Waals surface area contributed by atoms with Crippen LogP contribution in [-0.2, 0) is 12.8 Å². The normalized spacial score (nSPS) is 22.0. The highest BCUT2D eigenvalue weighted by atomic mass is 15.2. The Kier molecular flexibility index (Phi) is 3.02. The molecule has 98 valence electrons. The van der Waals surface area contributed by atoms with Crippen LogP contribution in [-0.4, -0.2) is 24.6 Å². The van der Waals surface area contributed by atoms with E-state index >= 15 is 0 Å². The van der Waals surface area contributed by atoms with E-state index in [1.807, 2.05) is 0 Å². The topological polar surface area (TPSA) is 42.1 Å². The van der Waals surface area contributed by atoms with Crippen molar-refractivity contribution in [3.63, 3.8) is 0 Å². The van der Waals surface area contributed by atoms with E-state index in [-0.39, 0.29) is 0 Å². The molecule has 0 atom stereocenters. The first-order chi connectivity index (χ1) is 8.70. The first kappa shape index (κ1) is 12.0. The summed E-state index contributed by atoms with van der Waals surface area (Å²) in [6.45, 7) is 5.30. The highest BCUT2D eigenvalue weighted by molar-refractivity contribution is 5.43. The number of aromatic nitrogens is 1. The molecule has 0 saturated carbocycles. The Morgan fingerprint density at radius 1 is 1.28 bits per heavy atom. The van der Waals surface area contributed by atoms with Crippen LogP contribution in [0.3, 0.4) is 0 Å². The molecule has 2 heterocycles. The van der Waals surface area contributed by atoms with E-state index in [0.717, 1.165) is 26.1 Å². The van der Waals surface area contributed by atoms with Crippen molar-refractivity contribution in [2.45, 2.75) is 39.0 Å². The smallest absolute Gasteiger partial charge is 0.128 e. The van der Waals surface area contributed by atoms with Crippen LogP contribution in [0.4, 0.5) is 5.82 Å². The second kappa shape index (κ2) is 4.54. The van der Waals surface area contributed by atoms with Gasteiger partial charge in [-0.05, 0) is 55.7 Å². The van der Waals surface area contributed by atoms with E-state index < -0.39 is 0 Å². The predicted octanol–water partition coefficient (Wildman–Crippen LogP) is 2.14. The lowest BCUT2D eigenvalue weighted by molar-refractivity contribution is 0.258. The molecule has 2 aliphatic rings. The van der Waals surface area contributed by atoms with Crippen LogP contribution in [0.25, 0.3) is 0 Å². The van der Waals surface area contributed by atoms with Crippen LogP contribution in [0, 0.1) is 5.41 Å². The molecule has 3 nitrogen and oxygen atoms in total. The van der Waals surface area contributed by atoms with Gasteiger partial charge in [0.15, 0.2) is 0 Å². The zero-order chi connectivity index (χ0) is 12.6. The lowest BCUT2D eigenvalue weighted by Gasteiger charge is -2.39. The molecule has 0 aromatic carbocycles. The SMILES string of the molecule is CC1(CN)CCN(c2ccc3c(n2)CCC3)CC1. The van der Waals surface area contributed by atoms with Crippen molar-refractivity contribution in [2.24, 2.45) is 11.1 Å². The Morgan fingerprint density at radius 3 is 2.78 bits per heavy atom. The molecule has 0 unspecified atom stereocenters. The van der Waals surface area contributed by atoms with Gasteiger partial charge >= 0.3 is 0 Å². The van der Waals surface area contributed by atoms with E-state index in [0.29, 0.717) is 5.41 Å². The second-order valence-corrected chi connectivity index (χ2v) is 6.13. The summed E-state index contributed by atoms with van der Waals surface area (Å²) >= 11 is 0. The largest absolute Gasteiger partial charge is 0.357 e. The van der Waals surface area contributed by atoms with Crippen LogP contribution >= 0.6 is 0 Å². The lowest BCUT2D eigenvalue weighted by atomic mass is 9.80. The van der Waals surface area contributed by atoms with Gasteiger partial charge in [0.05, 0.1) is 0 Å². The lowest BCUT2D eigenvalue weighted by Crippen LogP contribution is -2.42. The second-order valence-electron chi connectivity index (χ2n) is 6.13. The molecule has 1 saturated heterocycles. The minimum atomic E-state index is 0.341. The van der Waals surface area contributed by atoms with E-state index in [2.05, 4.69) is 24.0 Å². The van der Waals surface area contributed by atoms with E-state index in [1.54, 1.807) is 0 Å². The zero-order valence-electron chi connectivity index (χ0n) is 11.3. The van der Waals surface area contributed by atoms with Gasteiger partial charge in [0.2, 0.25) is 0 Å². The fourth-order valence-electron chi connectivity index (χ4n) is 3.06. The number of pyridine rings is 1. The fraction of sp³-hybridized carbons (Fsp3) is 0.667. The summed E-state index contributed by atoms with van der Waals surface area (Å²) in [6.07, 6.45) is 6.02. The van der Waals surface area contributed by atoms with Gasteiger partial charge in [-0.3, -0.25) is 0 Å². The summed E-state index contributed by atoms with van der Waals surface area (Å²) in [7, 11) is 0. The maximum atomic E-state index is 5.86. The number of rotatable bonds is 2. The van der Waals surface area contributed by atoms with Gasteiger partial charge in [0, 0.05) is 18.8 Å². The van der Waals surface area contributed by atoms with Crippen LogP contribution in [0.5, 0.6) is 0 Å². The van der Waals surface area contributed by atoms with E-state index in [9.17, 15) is 0 Å². The van der Waals surface area contributed by atoms with Gasteiger partial charge in [-0.25, -0.2) is 4.98 Å². The highest BCUT2D eigenvalue weighted by Crippen LogP contribution is 2.32. The number of aryl methyl sites for hydroxylation is 2. The van der Waals surface area contributed by atoms with Crippen molar-refractivity contribution < 1.29 is 0 Å². The third-order valence-electron chi connectivity index (χ3n) is 4.70. The molecule has 0 amide bonds. The standard InChI is InChI=1S/C15H23N3/c1-15(11-16)7-9-18(10-8-15)14-6-5-12-3-2-4-13(12)17-14/h5-6H,2-4,7-11,16H2,1H3. The summed E-state index contributed by atoms with van der Waals surface area (Å²) < 4.78 is 0. The van der Waals surface area contributed by atoms with Gasteiger partial charge in [-0.15, -0.1) is 0 Å². The predicted molar refractivity (Wildman–Crippen MR) is 74.9 cm³/mol. The number of anilines is 1. The molecular formula is C15H23N3. The summed E-state index contributed by atoms with van der Waals surface area (Å²) in [4.78, 5) is 7.27. The van der Waals surface area contributed by atoms with Crippen molar-refractivity contribution in [3.05, 3.63) is 23.4 Å². The van der Waals surface area contributed by atoms with Gasteiger partial charge < -0.3 is 10.6 Å². The van der Waals surface area contributed by atoms with Crippen molar-refractivity contribution in [1.29, 1.82) is 0 Å². The molecule has 1 fully saturated rings. The van der Waals surface area contributed by atoms with Gasteiger partial charge in [-0.2, -0.15) is 0 Å². The monoisotopic (exact) mass is 245 g/mol. The average Bonchev–Trinajstić information content (AvgIpc) is 2.87. The molecule has 1 aliphatic carbocycles. The fourth-order valence-corrected chi connectivity index (χ4v) is 3.06. The summed E-state index contributed by atoms with van der Waals surface area (Å²) in [5.74, 6) is 1.18. The third kappa shape index (κ3) is 2.12. The highest BCUT2D eigenvalue weighted by Gasteiger charge is 2.29. The number of hydrogen-bond acceptors (Lipinski definition) is 3. The van der Waals surface area contributed by atoms with Crippen molar-refractivity contribution in [2.75, 3.05) is 24.5 Å². The third-order valence-corrected chi connectivity index (χ3v) is 4.70. The van der Waals surface area contributed by atoms with Crippen molar-refractivity contribution >= 4 is 5.82 Å². The summed E-state index contributed by atoms with van der Waals surface area (Å²) in [5.41, 5.74) is 9.00. The number of nitrogens with zero attached hydrogens (tertiary/aromatic N) is 2. The Hall–Kier alpha value is -1.09. The molecule has 3 rings (SSSR count). The quantitative estimate of drug-likeness (QED) is 0.868. The molecular weight excluding hydrogens is 222 g/mol. The van der Waals surface area contributed by atoms with Crippen molar-refractivity contribution in [3.8, 4) is 0 Å². The Balaban J connectivity index is 1.73. The first-order valence-corrected chi connectivity index (χ1v) is 7.14. The van der Waals surface area contributed by atoms with Gasteiger partial charge in [0.1, 0.15) is 5.82 Å². The molecule has 2 N–H and O–H groups in total. The Bertz CT molecular complexity index is 433. The average molecular weight is 245 g/mol. The van der Waals surface area contributed by atoms with Crippen molar-refractivity contribution in [1.82, 2.24) is 4.98 Å². The molecule has 1 aromatic rings. The Morgan fingerprint density at radius 2 is 2.06 bits per heavy atom. The molecule has 1 aliphatic heterocycles. The number of hydrogen-bond donors (Lipinski definition) is 1.